The zero-order valence-electron chi connectivity index (χ0n) is 15.1. The molecule has 145 valence electrons. The molecule has 4 nitrogen and oxygen atoms in total. The Morgan fingerprint density at radius 2 is 1.63 bits per heavy atom. The summed E-state index contributed by atoms with van der Waals surface area (Å²) in [6.07, 6.45) is -2.72. The molecule has 3 rings (SSSR count). The van der Waals surface area contributed by atoms with Crippen LogP contribution in [0.4, 0.5) is 18.9 Å². The Morgan fingerprint density at radius 1 is 1.04 bits per heavy atom. The molecule has 0 saturated carbocycles. The number of hydrogen-bond donors (Lipinski definition) is 3. The van der Waals surface area contributed by atoms with E-state index in [0.717, 1.165) is 32.0 Å². The third-order valence-electron chi connectivity index (χ3n) is 4.36. The van der Waals surface area contributed by atoms with E-state index in [4.69, 9.17) is 10.3 Å². The van der Waals surface area contributed by atoms with E-state index in [9.17, 15) is 13.2 Å². The number of hydrogen-bond acceptors (Lipinski definition) is 4. The molecule has 27 heavy (non-hydrogen) atoms. The maximum absolute atomic E-state index is 12.8. The van der Waals surface area contributed by atoms with Crippen LogP contribution in [0, 0.1) is 0 Å². The molecule has 0 bridgehead atoms. The predicted octanol–water partition coefficient (Wildman–Crippen LogP) is 4.71. The number of piperidine rings is 1. The predicted molar refractivity (Wildman–Crippen MR) is 94.4 cm³/mol. The van der Waals surface area contributed by atoms with Crippen molar-refractivity contribution < 1.29 is 56.2 Å². The standard InChI is InChI=1S/C13H17F3N2O.C6H6O.Y/c1-18-4-2-9(3-5-18)10-6-11(13(14,15)16)8-12(7-10)17-19;7-6-4-2-1-3-5-6;/h6-9,17,19H,2-5H2,1H3;1-5,7H;. The summed E-state index contributed by atoms with van der Waals surface area (Å²) in [7, 11) is 2.00. The first-order valence-electron chi connectivity index (χ1n) is 8.34. The first kappa shape index (κ1) is 23.9. The largest absolute Gasteiger partial charge is 0.508 e. The van der Waals surface area contributed by atoms with Crippen LogP contribution in [0.3, 0.4) is 0 Å². The number of nitrogens with one attached hydrogen (secondary N) is 1. The van der Waals surface area contributed by atoms with E-state index < -0.39 is 11.7 Å². The van der Waals surface area contributed by atoms with Gasteiger partial charge in [0.2, 0.25) is 0 Å². The van der Waals surface area contributed by atoms with Gasteiger partial charge in [0.1, 0.15) is 5.75 Å². The van der Waals surface area contributed by atoms with Crippen molar-refractivity contribution in [3.63, 3.8) is 0 Å². The summed E-state index contributed by atoms with van der Waals surface area (Å²) in [6, 6.07) is 12.4. The fourth-order valence-electron chi connectivity index (χ4n) is 2.89. The Morgan fingerprint density at radius 3 is 2.07 bits per heavy atom. The maximum atomic E-state index is 12.8. The van der Waals surface area contributed by atoms with Crippen molar-refractivity contribution in [3.8, 4) is 5.75 Å². The minimum atomic E-state index is -4.40. The second-order valence-electron chi connectivity index (χ2n) is 6.37. The Hall–Kier alpha value is -1.15. The Balaban J connectivity index is 0.000000385. The van der Waals surface area contributed by atoms with Crippen molar-refractivity contribution in [3.05, 3.63) is 59.7 Å². The zero-order valence-corrected chi connectivity index (χ0v) is 17.9. The second kappa shape index (κ2) is 11.0. The van der Waals surface area contributed by atoms with Gasteiger partial charge >= 0.3 is 6.18 Å². The second-order valence-corrected chi connectivity index (χ2v) is 6.37. The number of phenols is 1. The van der Waals surface area contributed by atoms with Gasteiger partial charge in [0, 0.05) is 32.7 Å². The third-order valence-corrected chi connectivity index (χ3v) is 4.36. The number of aromatic hydroxyl groups is 1. The van der Waals surface area contributed by atoms with Crippen LogP contribution < -0.4 is 5.48 Å². The van der Waals surface area contributed by atoms with Crippen LogP contribution in [-0.2, 0) is 38.9 Å². The fraction of sp³-hybridized carbons (Fsp3) is 0.368. The first-order chi connectivity index (χ1) is 12.3. The number of phenolic OH excluding ortho intramolecular Hbond substituents is 1. The summed E-state index contributed by atoms with van der Waals surface area (Å²) < 4.78 is 38.4. The molecule has 0 amide bonds. The quantitative estimate of drug-likeness (QED) is 0.573. The van der Waals surface area contributed by atoms with Crippen LogP contribution in [0.5, 0.6) is 5.75 Å². The normalized spacial score (nSPS) is 15.3. The van der Waals surface area contributed by atoms with Gasteiger partial charge in [0.15, 0.2) is 0 Å². The molecule has 1 aliphatic heterocycles. The average molecular weight is 457 g/mol. The summed E-state index contributed by atoms with van der Waals surface area (Å²) in [5.41, 5.74) is 1.82. The summed E-state index contributed by atoms with van der Waals surface area (Å²) in [6.45, 7) is 1.76. The van der Waals surface area contributed by atoms with Crippen molar-refractivity contribution in [1.82, 2.24) is 4.90 Å². The number of anilines is 1. The minimum Gasteiger partial charge on any atom is -0.508 e. The fourth-order valence-corrected chi connectivity index (χ4v) is 2.89. The summed E-state index contributed by atoms with van der Waals surface area (Å²) in [5, 5.41) is 17.5. The van der Waals surface area contributed by atoms with Gasteiger partial charge < -0.3 is 10.0 Å². The Kier molecular flexibility index (Phi) is 9.74. The van der Waals surface area contributed by atoms with Crippen molar-refractivity contribution in [2.75, 3.05) is 25.6 Å². The Labute approximate surface area is 182 Å². The summed E-state index contributed by atoms with van der Waals surface area (Å²) in [4.78, 5) is 2.16. The molecule has 1 aliphatic rings. The summed E-state index contributed by atoms with van der Waals surface area (Å²) in [5.74, 6) is 0.438. The maximum Gasteiger partial charge on any atom is 0.416 e. The molecule has 0 aromatic heterocycles. The van der Waals surface area contributed by atoms with Crippen molar-refractivity contribution in [2.24, 2.45) is 0 Å². The van der Waals surface area contributed by atoms with Crippen LogP contribution in [0.15, 0.2) is 48.5 Å². The number of benzene rings is 2. The van der Waals surface area contributed by atoms with E-state index in [-0.39, 0.29) is 44.3 Å². The van der Waals surface area contributed by atoms with Gasteiger partial charge in [0.25, 0.3) is 0 Å². The van der Waals surface area contributed by atoms with E-state index in [2.05, 4.69) is 4.90 Å². The average Bonchev–Trinajstić information content (AvgIpc) is 2.62. The monoisotopic (exact) mass is 457 g/mol. The van der Waals surface area contributed by atoms with E-state index in [1.165, 1.54) is 6.07 Å². The van der Waals surface area contributed by atoms with E-state index in [1.54, 1.807) is 30.3 Å². The number of rotatable bonds is 2. The molecular weight excluding hydrogens is 434 g/mol. The van der Waals surface area contributed by atoms with Crippen molar-refractivity contribution >= 4 is 5.69 Å². The molecule has 1 fully saturated rings. The van der Waals surface area contributed by atoms with E-state index >= 15 is 0 Å². The molecule has 1 radical (unpaired) electrons. The molecule has 2 aromatic carbocycles. The molecule has 8 heteroatoms. The minimum absolute atomic E-state index is 0. The first-order valence-corrected chi connectivity index (χ1v) is 8.34. The van der Waals surface area contributed by atoms with Gasteiger partial charge in [-0.3, -0.25) is 10.7 Å². The molecule has 0 unspecified atom stereocenters. The van der Waals surface area contributed by atoms with Crippen LogP contribution in [0.1, 0.15) is 29.9 Å². The summed E-state index contributed by atoms with van der Waals surface area (Å²) >= 11 is 0. The van der Waals surface area contributed by atoms with Crippen molar-refractivity contribution in [2.45, 2.75) is 24.9 Å². The van der Waals surface area contributed by atoms with Gasteiger partial charge in [-0.1, -0.05) is 18.2 Å². The molecule has 2 aromatic rings. The number of likely N-dealkylation sites (tertiary alicyclic amines) is 1. The van der Waals surface area contributed by atoms with Gasteiger partial charge in [0.05, 0.1) is 11.3 Å². The van der Waals surface area contributed by atoms with Gasteiger partial charge in [-0.05, 0) is 74.8 Å². The van der Waals surface area contributed by atoms with Crippen LogP contribution >= 0.6 is 0 Å². The van der Waals surface area contributed by atoms with Crippen molar-refractivity contribution in [1.29, 1.82) is 0 Å². The molecular formula is C19H23F3N2O2Y. The molecule has 1 saturated heterocycles. The molecule has 3 N–H and O–H groups in total. The number of alkyl halides is 3. The topological polar surface area (TPSA) is 55.7 Å². The zero-order chi connectivity index (χ0) is 19.2. The molecule has 0 spiro atoms. The van der Waals surface area contributed by atoms with Crippen LogP contribution in [-0.4, -0.2) is 35.4 Å². The number of para-hydroxylation sites is 1. The molecule has 0 aliphatic carbocycles. The number of halogens is 3. The van der Waals surface area contributed by atoms with Gasteiger partial charge in [-0.15, -0.1) is 0 Å². The van der Waals surface area contributed by atoms with Crippen LogP contribution in [0.2, 0.25) is 0 Å². The van der Waals surface area contributed by atoms with E-state index in [1.807, 2.05) is 18.6 Å². The Bertz CT molecular complexity index is 691. The van der Waals surface area contributed by atoms with E-state index in [0.29, 0.717) is 11.3 Å². The SMILES string of the molecule is CN1CCC(c2cc(NO)cc(C(F)(F)F)c2)CC1.Oc1ccccc1.[Y]. The van der Waals surface area contributed by atoms with Gasteiger partial charge in [-0.25, -0.2) is 0 Å². The molecule has 1 heterocycles. The van der Waals surface area contributed by atoms with Crippen LogP contribution in [0.25, 0.3) is 0 Å². The van der Waals surface area contributed by atoms with Gasteiger partial charge in [-0.2, -0.15) is 13.2 Å². The smallest absolute Gasteiger partial charge is 0.416 e. The third kappa shape index (κ3) is 7.78. The molecule has 0 atom stereocenters. The number of nitrogens with zero attached hydrogens (tertiary/aromatic N) is 1.